The predicted molar refractivity (Wildman–Crippen MR) is 150 cm³/mol. The molecule has 2 aliphatic heterocycles. The van der Waals surface area contributed by atoms with Gasteiger partial charge in [-0.3, -0.25) is 19.1 Å². The summed E-state index contributed by atoms with van der Waals surface area (Å²) in [7, 11) is 1.32. The van der Waals surface area contributed by atoms with Crippen molar-refractivity contribution in [3.05, 3.63) is 65.9 Å². The molecule has 2 fully saturated rings. The van der Waals surface area contributed by atoms with Gasteiger partial charge in [-0.25, -0.2) is 0 Å². The molecule has 224 valence electrons. The number of carbonyl (C=O) groups is 3. The van der Waals surface area contributed by atoms with Gasteiger partial charge in [-0.1, -0.05) is 23.4 Å². The van der Waals surface area contributed by atoms with Crippen molar-refractivity contribution in [2.75, 3.05) is 19.0 Å². The summed E-state index contributed by atoms with van der Waals surface area (Å²) in [6.07, 6.45) is 6.42. The zero-order valence-corrected chi connectivity index (χ0v) is 23.7. The smallest absolute Gasteiger partial charge is 0.311 e. The third-order valence-corrected chi connectivity index (χ3v) is 9.35. The highest BCUT2D eigenvalue weighted by atomic mass is 16.5. The molecule has 2 aromatic heterocycles. The molecule has 0 unspecified atom stereocenters. The number of para-hydroxylation sites is 1. The molecular weight excluding hydrogens is 554 g/mol. The molecule has 3 aromatic rings. The number of aliphatic hydroxyl groups excluding tert-OH is 1. The standard InChI is InChI=1S/C30H33N7O6/c1-42-28(40)26-20-13-25(36(17-31)15-18(20)8-9-23(26)38)30(21-5-2-3-6-22(21)33-29(30)41)10-11-37-16-19(34-35-37)14-32-27(39)24-7-4-12-43-24/h2-7,12,16,18,20,23,25-26,38H,8-11,13-15H2,1H3,(H,32,39)(H,33,41)/t18-,20-,23-,25-,26+,30-/m0/s1. The topological polar surface area (TPSA) is 176 Å². The molecule has 4 heterocycles. The first-order chi connectivity index (χ1) is 20.8. The van der Waals surface area contributed by atoms with Crippen LogP contribution in [-0.4, -0.2) is 68.6 Å². The second kappa shape index (κ2) is 11.5. The Morgan fingerprint density at radius 1 is 1.28 bits per heavy atom. The summed E-state index contributed by atoms with van der Waals surface area (Å²) in [6, 6.07) is 10.1. The third-order valence-electron chi connectivity index (χ3n) is 9.35. The minimum Gasteiger partial charge on any atom is -0.469 e. The Balaban J connectivity index is 1.28. The van der Waals surface area contributed by atoms with E-state index >= 15 is 0 Å². The number of nitriles is 1. The number of rotatable bonds is 8. The molecule has 1 aromatic carbocycles. The first-order valence-corrected chi connectivity index (χ1v) is 14.4. The maximum absolute atomic E-state index is 14.0. The molecule has 13 heteroatoms. The van der Waals surface area contributed by atoms with Crippen LogP contribution in [-0.2, 0) is 32.8 Å². The van der Waals surface area contributed by atoms with Crippen LogP contribution in [0.1, 0.15) is 47.5 Å². The van der Waals surface area contributed by atoms with Crippen LogP contribution < -0.4 is 10.6 Å². The van der Waals surface area contributed by atoms with Gasteiger partial charge >= 0.3 is 5.97 Å². The van der Waals surface area contributed by atoms with Crippen molar-refractivity contribution in [1.29, 1.82) is 5.26 Å². The maximum atomic E-state index is 14.0. The summed E-state index contributed by atoms with van der Waals surface area (Å²) >= 11 is 0. The van der Waals surface area contributed by atoms with Crippen molar-refractivity contribution >= 4 is 23.5 Å². The summed E-state index contributed by atoms with van der Waals surface area (Å²) in [5, 5.41) is 35.3. The SMILES string of the molecule is COC(=O)[C@@H]1[C@H]2C[C@@H]([C@@]3(CCn4cc(CNC(=O)c5ccco5)nn4)C(=O)Nc4ccccc43)N(C#N)C[C@@H]2CC[C@@H]1O. The molecule has 0 spiro atoms. The molecule has 6 rings (SSSR count). The molecule has 3 aliphatic rings. The summed E-state index contributed by atoms with van der Waals surface area (Å²) in [4.78, 5) is 40.8. The number of nitrogens with zero attached hydrogens (tertiary/aromatic N) is 5. The number of anilines is 1. The van der Waals surface area contributed by atoms with E-state index < -0.39 is 29.4 Å². The number of amides is 2. The molecule has 1 saturated heterocycles. The number of esters is 1. The number of aromatic nitrogens is 3. The second-order valence-corrected chi connectivity index (χ2v) is 11.5. The van der Waals surface area contributed by atoms with E-state index in [2.05, 4.69) is 27.1 Å². The number of piperidine rings is 1. The Hall–Kier alpha value is -4.70. The molecule has 1 aliphatic carbocycles. The number of nitrogens with one attached hydrogen (secondary N) is 2. The molecule has 0 radical (unpaired) electrons. The van der Waals surface area contributed by atoms with E-state index in [0.717, 1.165) is 5.56 Å². The van der Waals surface area contributed by atoms with E-state index in [1.54, 1.807) is 27.9 Å². The fourth-order valence-electron chi connectivity index (χ4n) is 7.30. The van der Waals surface area contributed by atoms with Gasteiger partial charge in [0.05, 0.1) is 49.6 Å². The van der Waals surface area contributed by atoms with Gasteiger partial charge in [0.25, 0.3) is 5.91 Å². The molecule has 43 heavy (non-hydrogen) atoms. The number of ether oxygens (including phenoxy) is 1. The van der Waals surface area contributed by atoms with Crippen LogP contribution in [0.2, 0.25) is 0 Å². The quantitative estimate of drug-likeness (QED) is 0.260. The van der Waals surface area contributed by atoms with Crippen molar-refractivity contribution in [2.45, 2.75) is 56.3 Å². The lowest BCUT2D eigenvalue weighted by Gasteiger charge is -2.52. The van der Waals surface area contributed by atoms with Crippen molar-refractivity contribution in [1.82, 2.24) is 25.2 Å². The Morgan fingerprint density at radius 2 is 2.12 bits per heavy atom. The zero-order chi connectivity index (χ0) is 30.1. The van der Waals surface area contributed by atoms with E-state index in [-0.39, 0.29) is 36.0 Å². The van der Waals surface area contributed by atoms with E-state index in [4.69, 9.17) is 9.15 Å². The molecule has 13 nitrogen and oxygen atoms in total. The van der Waals surface area contributed by atoms with Gasteiger partial charge < -0.3 is 29.8 Å². The van der Waals surface area contributed by atoms with Crippen LogP contribution in [0.5, 0.6) is 0 Å². The molecular formula is C30H33N7O6. The monoisotopic (exact) mass is 587 g/mol. The highest BCUT2D eigenvalue weighted by Crippen LogP contribution is 2.51. The zero-order valence-electron chi connectivity index (χ0n) is 23.7. The van der Waals surface area contributed by atoms with Crippen LogP contribution in [0.3, 0.4) is 0 Å². The molecule has 3 N–H and O–H groups in total. The van der Waals surface area contributed by atoms with Crippen LogP contribution in [0, 0.1) is 29.2 Å². The Labute approximate surface area is 247 Å². The number of fused-ring (bicyclic) bond motifs is 2. The number of hydrogen-bond acceptors (Lipinski definition) is 10. The average molecular weight is 588 g/mol. The largest absolute Gasteiger partial charge is 0.469 e. The number of benzene rings is 1. The van der Waals surface area contributed by atoms with Crippen molar-refractivity contribution in [2.24, 2.45) is 17.8 Å². The van der Waals surface area contributed by atoms with E-state index in [9.17, 15) is 24.8 Å². The normalized spacial score (nSPS) is 27.9. The summed E-state index contributed by atoms with van der Waals surface area (Å²) in [5.74, 6) is -1.84. The lowest BCUT2D eigenvalue weighted by atomic mass is 9.60. The van der Waals surface area contributed by atoms with Crippen molar-refractivity contribution in [3.63, 3.8) is 0 Å². The second-order valence-electron chi connectivity index (χ2n) is 11.5. The van der Waals surface area contributed by atoms with Crippen LogP contribution in [0.4, 0.5) is 5.69 Å². The van der Waals surface area contributed by atoms with E-state index in [1.807, 2.05) is 24.3 Å². The number of furan rings is 1. The van der Waals surface area contributed by atoms with Crippen LogP contribution >= 0.6 is 0 Å². The minimum atomic E-state index is -1.14. The summed E-state index contributed by atoms with van der Waals surface area (Å²) < 4.78 is 11.8. The van der Waals surface area contributed by atoms with Gasteiger partial charge in [0.15, 0.2) is 12.0 Å². The van der Waals surface area contributed by atoms with Gasteiger partial charge in [0, 0.05) is 18.8 Å². The minimum absolute atomic E-state index is 0.00872. The number of carbonyl (C=O) groups excluding carboxylic acids is 3. The number of likely N-dealkylation sites (tertiary alicyclic amines) is 1. The van der Waals surface area contributed by atoms with Crippen LogP contribution in [0.25, 0.3) is 0 Å². The predicted octanol–water partition coefficient (Wildman–Crippen LogP) is 1.81. The van der Waals surface area contributed by atoms with Gasteiger partial charge in [-0.05, 0) is 61.3 Å². The van der Waals surface area contributed by atoms with Crippen molar-refractivity contribution < 1.29 is 28.6 Å². The van der Waals surface area contributed by atoms with Crippen molar-refractivity contribution in [3.8, 4) is 6.19 Å². The Kier molecular flexibility index (Phi) is 7.62. The van der Waals surface area contributed by atoms with Gasteiger partial charge in [0.2, 0.25) is 5.91 Å². The fourth-order valence-corrected chi connectivity index (χ4v) is 7.30. The first kappa shape index (κ1) is 28.4. The maximum Gasteiger partial charge on any atom is 0.311 e. The average Bonchev–Trinajstić information content (AvgIpc) is 3.78. The Morgan fingerprint density at radius 3 is 2.88 bits per heavy atom. The number of hydrogen-bond donors (Lipinski definition) is 3. The molecule has 0 bridgehead atoms. The number of aryl methyl sites for hydroxylation is 1. The Bertz CT molecular complexity index is 1550. The van der Waals surface area contributed by atoms with Gasteiger partial charge in [0.1, 0.15) is 5.69 Å². The van der Waals surface area contributed by atoms with E-state index in [0.29, 0.717) is 50.2 Å². The number of aliphatic hydroxyl groups is 1. The number of methoxy groups -OCH3 is 1. The highest BCUT2D eigenvalue weighted by Gasteiger charge is 2.58. The fraction of sp³-hybridized carbons (Fsp3) is 0.467. The van der Waals surface area contributed by atoms with Gasteiger partial charge in [-0.15, -0.1) is 5.10 Å². The lowest BCUT2D eigenvalue weighted by Crippen LogP contribution is -2.61. The molecule has 2 amide bonds. The molecule has 1 saturated carbocycles. The first-order valence-electron chi connectivity index (χ1n) is 14.4. The summed E-state index contributed by atoms with van der Waals surface area (Å²) in [6.45, 7) is 0.818. The van der Waals surface area contributed by atoms with Gasteiger partial charge in [-0.2, -0.15) is 5.26 Å². The van der Waals surface area contributed by atoms with Crippen LogP contribution in [0.15, 0.2) is 53.3 Å². The van der Waals surface area contributed by atoms with E-state index in [1.165, 1.54) is 13.4 Å². The molecule has 6 atom stereocenters. The highest BCUT2D eigenvalue weighted by molar-refractivity contribution is 6.07. The third kappa shape index (κ3) is 5.01. The summed E-state index contributed by atoms with van der Waals surface area (Å²) in [5.41, 5.74) is 0.850. The lowest BCUT2D eigenvalue weighted by molar-refractivity contribution is -0.160.